The van der Waals surface area contributed by atoms with E-state index in [1.165, 1.54) is 25.9 Å². The lowest BCUT2D eigenvalue weighted by Crippen LogP contribution is -2.53. The Hall–Kier alpha value is -1.44. The van der Waals surface area contributed by atoms with Crippen LogP contribution in [0.25, 0.3) is 0 Å². The van der Waals surface area contributed by atoms with Crippen molar-refractivity contribution in [3.8, 4) is 0 Å². The number of carbonyl (C=O) groups excluding carboxylic acids is 1. The van der Waals surface area contributed by atoms with Gasteiger partial charge in [0.1, 0.15) is 5.69 Å². The Bertz CT molecular complexity index is 631. The quantitative estimate of drug-likeness (QED) is 0.768. The molecule has 1 N–H and O–H groups in total. The van der Waals surface area contributed by atoms with Crippen molar-refractivity contribution in [2.75, 3.05) is 39.4 Å². The van der Waals surface area contributed by atoms with Crippen molar-refractivity contribution in [2.45, 2.75) is 64.6 Å². The minimum absolute atomic E-state index is 0.0374. The minimum atomic E-state index is -0.0374. The minimum Gasteiger partial charge on any atom is -0.381 e. The van der Waals surface area contributed by atoms with Crippen LogP contribution < -0.4 is 5.32 Å². The van der Waals surface area contributed by atoms with Crippen LogP contribution in [-0.2, 0) is 11.8 Å². The van der Waals surface area contributed by atoms with Gasteiger partial charge in [0, 0.05) is 51.5 Å². The lowest BCUT2D eigenvalue weighted by atomic mass is 9.97. The number of nitrogens with zero attached hydrogens (tertiary/aromatic N) is 4. The summed E-state index contributed by atoms with van der Waals surface area (Å²) in [5, 5.41) is 7.38. The highest BCUT2D eigenvalue weighted by molar-refractivity contribution is 5.92. The number of carbonyl (C=O) groups is 1. The maximum absolute atomic E-state index is 12.5. The molecule has 1 amide bonds. The van der Waals surface area contributed by atoms with Crippen LogP contribution in [0, 0.1) is 6.92 Å². The molecule has 2 fully saturated rings. The third kappa shape index (κ3) is 5.33. The molecule has 3 rings (SSSR count). The maximum Gasteiger partial charge on any atom is 0.269 e. The molecule has 7 heteroatoms. The smallest absolute Gasteiger partial charge is 0.269 e. The average Bonchev–Trinajstić information content (AvgIpc) is 3.04. The Morgan fingerprint density at radius 1 is 1.25 bits per heavy atom. The number of piperidine rings is 1. The van der Waals surface area contributed by atoms with Gasteiger partial charge >= 0.3 is 0 Å². The van der Waals surface area contributed by atoms with Crippen molar-refractivity contribution in [3.63, 3.8) is 0 Å². The summed E-state index contributed by atoms with van der Waals surface area (Å²) < 4.78 is 7.24. The van der Waals surface area contributed by atoms with Crippen LogP contribution in [0.4, 0.5) is 0 Å². The second-order valence-electron chi connectivity index (χ2n) is 8.49. The number of rotatable bonds is 7. The third-order valence-corrected chi connectivity index (χ3v) is 6.25. The number of nitrogens with one attached hydrogen (secondary N) is 1. The van der Waals surface area contributed by atoms with E-state index in [1.54, 1.807) is 4.68 Å². The number of likely N-dealkylation sites (tertiary alicyclic amines) is 1. The molecule has 0 spiro atoms. The lowest BCUT2D eigenvalue weighted by molar-refractivity contribution is 0.0000132. The molecule has 7 nitrogen and oxygen atoms in total. The number of hydrogen-bond acceptors (Lipinski definition) is 5. The molecule has 1 aromatic rings. The van der Waals surface area contributed by atoms with Crippen molar-refractivity contribution in [1.82, 2.24) is 24.9 Å². The molecule has 28 heavy (non-hydrogen) atoms. The van der Waals surface area contributed by atoms with Crippen molar-refractivity contribution < 1.29 is 9.53 Å². The van der Waals surface area contributed by atoms with Crippen LogP contribution >= 0.6 is 0 Å². The average molecular weight is 392 g/mol. The van der Waals surface area contributed by atoms with Crippen molar-refractivity contribution in [3.05, 3.63) is 17.5 Å². The molecule has 0 saturated carbocycles. The highest BCUT2D eigenvalue weighted by Crippen LogP contribution is 2.24. The molecule has 0 bridgehead atoms. The lowest BCUT2D eigenvalue weighted by Gasteiger charge is -2.44. The summed E-state index contributed by atoms with van der Waals surface area (Å²) in [6.07, 6.45) is 4.62. The van der Waals surface area contributed by atoms with E-state index in [2.05, 4.69) is 34.1 Å². The molecule has 0 unspecified atom stereocenters. The Kier molecular flexibility index (Phi) is 7.48. The van der Waals surface area contributed by atoms with E-state index in [0.29, 0.717) is 30.4 Å². The second-order valence-corrected chi connectivity index (χ2v) is 8.49. The van der Waals surface area contributed by atoms with Crippen molar-refractivity contribution in [1.29, 1.82) is 0 Å². The van der Waals surface area contributed by atoms with Crippen LogP contribution in [0.2, 0.25) is 0 Å². The predicted octanol–water partition coefficient (Wildman–Crippen LogP) is 1.81. The normalized spacial score (nSPS) is 20.2. The highest BCUT2D eigenvalue weighted by atomic mass is 16.5. The van der Waals surface area contributed by atoms with Crippen LogP contribution in [-0.4, -0.2) is 83.0 Å². The van der Waals surface area contributed by atoms with Gasteiger partial charge < -0.3 is 15.0 Å². The fourth-order valence-electron chi connectivity index (χ4n) is 4.63. The van der Waals surface area contributed by atoms with E-state index in [0.717, 1.165) is 38.3 Å². The van der Waals surface area contributed by atoms with Gasteiger partial charge in [0.25, 0.3) is 5.91 Å². The van der Waals surface area contributed by atoms with Gasteiger partial charge in [0.05, 0.1) is 5.69 Å². The van der Waals surface area contributed by atoms with Crippen LogP contribution in [0.3, 0.4) is 0 Å². The number of ether oxygens (including phenoxy) is 1. The fraction of sp³-hybridized carbons (Fsp3) is 0.810. The summed E-state index contributed by atoms with van der Waals surface area (Å²) in [5.41, 5.74) is 1.49. The molecule has 2 aliphatic rings. The van der Waals surface area contributed by atoms with E-state index in [4.69, 9.17) is 4.74 Å². The van der Waals surface area contributed by atoms with Gasteiger partial charge in [-0.05, 0) is 65.6 Å². The summed E-state index contributed by atoms with van der Waals surface area (Å²) in [6.45, 7) is 12.1. The first-order valence-corrected chi connectivity index (χ1v) is 10.8. The molecule has 0 radical (unpaired) electrons. The van der Waals surface area contributed by atoms with E-state index in [-0.39, 0.29) is 5.91 Å². The predicted molar refractivity (Wildman–Crippen MR) is 111 cm³/mol. The summed E-state index contributed by atoms with van der Waals surface area (Å²) in [6, 6.07) is 3.64. The summed E-state index contributed by atoms with van der Waals surface area (Å²) in [7, 11) is 1.82. The highest BCUT2D eigenvalue weighted by Gasteiger charge is 2.31. The molecule has 2 saturated heterocycles. The zero-order valence-corrected chi connectivity index (χ0v) is 18.0. The summed E-state index contributed by atoms with van der Waals surface area (Å²) >= 11 is 0. The van der Waals surface area contributed by atoms with Gasteiger partial charge in [-0.3, -0.25) is 14.4 Å². The van der Waals surface area contributed by atoms with Gasteiger partial charge in [0.2, 0.25) is 0 Å². The van der Waals surface area contributed by atoms with Gasteiger partial charge in [-0.25, -0.2) is 0 Å². The Labute approximate surface area is 169 Å². The van der Waals surface area contributed by atoms with Gasteiger partial charge in [-0.2, -0.15) is 5.10 Å². The largest absolute Gasteiger partial charge is 0.381 e. The van der Waals surface area contributed by atoms with E-state index in [9.17, 15) is 4.79 Å². The zero-order valence-electron chi connectivity index (χ0n) is 18.0. The van der Waals surface area contributed by atoms with E-state index in [1.807, 2.05) is 20.0 Å². The van der Waals surface area contributed by atoms with Gasteiger partial charge in [-0.1, -0.05) is 0 Å². The van der Waals surface area contributed by atoms with Crippen LogP contribution in [0.1, 0.15) is 55.7 Å². The molecule has 3 heterocycles. The van der Waals surface area contributed by atoms with Crippen LogP contribution in [0.15, 0.2) is 6.07 Å². The Morgan fingerprint density at radius 2 is 1.89 bits per heavy atom. The topological polar surface area (TPSA) is 62.6 Å². The standard InChI is InChI=1S/C21H37N5O2/c1-16(2)25-10-5-18(6-11-25)26(19-7-13-28-14-8-19)12-9-22-21(27)20-15-17(3)23-24(20)4/h15-16,18-19H,5-14H2,1-4H3,(H,22,27). The number of amides is 1. The van der Waals surface area contributed by atoms with Gasteiger partial charge in [0.15, 0.2) is 0 Å². The molecule has 0 atom stereocenters. The van der Waals surface area contributed by atoms with Gasteiger partial charge in [-0.15, -0.1) is 0 Å². The van der Waals surface area contributed by atoms with E-state index < -0.39 is 0 Å². The summed E-state index contributed by atoms with van der Waals surface area (Å²) in [5.74, 6) is -0.0374. The van der Waals surface area contributed by atoms with E-state index >= 15 is 0 Å². The molecule has 1 aromatic heterocycles. The molecule has 0 aromatic carbocycles. The molecule has 158 valence electrons. The number of hydrogen-bond donors (Lipinski definition) is 1. The zero-order chi connectivity index (χ0) is 20.1. The molecular weight excluding hydrogens is 354 g/mol. The molecular formula is C21H37N5O2. The first kappa shape index (κ1) is 21.3. The number of aromatic nitrogens is 2. The monoisotopic (exact) mass is 391 g/mol. The first-order valence-electron chi connectivity index (χ1n) is 10.8. The first-order chi connectivity index (χ1) is 13.5. The number of aryl methyl sites for hydroxylation is 2. The Balaban J connectivity index is 1.56. The maximum atomic E-state index is 12.5. The molecule has 2 aliphatic heterocycles. The summed E-state index contributed by atoms with van der Waals surface area (Å²) in [4.78, 5) is 17.7. The SMILES string of the molecule is Cc1cc(C(=O)NCCN(C2CCOCC2)C2CCN(C(C)C)CC2)n(C)n1. The third-order valence-electron chi connectivity index (χ3n) is 6.25. The van der Waals surface area contributed by atoms with Crippen LogP contribution in [0.5, 0.6) is 0 Å². The second kappa shape index (κ2) is 9.85. The fourth-order valence-corrected chi connectivity index (χ4v) is 4.63. The van der Waals surface area contributed by atoms with Crippen molar-refractivity contribution >= 4 is 5.91 Å². The molecule has 0 aliphatic carbocycles. The van der Waals surface area contributed by atoms with Crippen molar-refractivity contribution in [2.24, 2.45) is 7.05 Å². The Morgan fingerprint density at radius 3 is 2.46 bits per heavy atom.